The van der Waals surface area contributed by atoms with Crippen molar-refractivity contribution in [2.75, 3.05) is 13.6 Å². The molecule has 2 rings (SSSR count). The summed E-state index contributed by atoms with van der Waals surface area (Å²) < 4.78 is 0. The van der Waals surface area contributed by atoms with Gasteiger partial charge < -0.3 is 5.32 Å². The fourth-order valence-electron chi connectivity index (χ4n) is 1.99. The Morgan fingerprint density at radius 2 is 1.83 bits per heavy atom. The molecular weight excluding hydrogens is 222 g/mol. The zero-order valence-electron chi connectivity index (χ0n) is 10.7. The quantitative estimate of drug-likeness (QED) is 0.831. The molecule has 0 aliphatic heterocycles. The molecule has 0 radical (unpaired) electrons. The number of carbonyl (C=O) groups is 1. The molecule has 0 saturated heterocycles. The molecule has 2 aromatic rings. The van der Waals surface area contributed by atoms with Crippen LogP contribution in [0.2, 0.25) is 0 Å². The first-order valence-electron chi connectivity index (χ1n) is 6.06. The smallest absolute Gasteiger partial charge is 0.176 e. The molecule has 0 heterocycles. The van der Waals surface area contributed by atoms with Crippen LogP contribution in [0.25, 0.3) is 11.1 Å². The van der Waals surface area contributed by atoms with Gasteiger partial charge in [0, 0.05) is 5.56 Å². The van der Waals surface area contributed by atoms with Crippen LogP contribution in [0, 0.1) is 6.92 Å². The topological polar surface area (TPSA) is 29.1 Å². The van der Waals surface area contributed by atoms with Crippen LogP contribution in [0.5, 0.6) is 0 Å². The molecule has 0 atom stereocenters. The van der Waals surface area contributed by atoms with E-state index in [2.05, 4.69) is 24.4 Å². The van der Waals surface area contributed by atoms with E-state index in [1.807, 2.05) is 36.4 Å². The number of carbonyl (C=O) groups excluding carboxylic acids is 1. The normalized spacial score (nSPS) is 10.3. The van der Waals surface area contributed by atoms with Crippen molar-refractivity contribution >= 4 is 5.78 Å². The fourth-order valence-corrected chi connectivity index (χ4v) is 1.99. The van der Waals surface area contributed by atoms with Crippen LogP contribution in [0.4, 0.5) is 0 Å². The summed E-state index contributed by atoms with van der Waals surface area (Å²) in [7, 11) is 1.78. The second kappa shape index (κ2) is 5.61. The van der Waals surface area contributed by atoms with Crippen LogP contribution < -0.4 is 5.32 Å². The fraction of sp³-hybridized carbons (Fsp3) is 0.188. The Labute approximate surface area is 108 Å². The van der Waals surface area contributed by atoms with Crippen LogP contribution in [-0.4, -0.2) is 19.4 Å². The van der Waals surface area contributed by atoms with Crippen molar-refractivity contribution in [1.82, 2.24) is 5.32 Å². The van der Waals surface area contributed by atoms with Crippen molar-refractivity contribution in [2.45, 2.75) is 6.92 Å². The average molecular weight is 239 g/mol. The van der Waals surface area contributed by atoms with Crippen LogP contribution in [0.3, 0.4) is 0 Å². The van der Waals surface area contributed by atoms with Crippen molar-refractivity contribution < 1.29 is 4.79 Å². The van der Waals surface area contributed by atoms with Gasteiger partial charge in [-0.25, -0.2) is 0 Å². The van der Waals surface area contributed by atoms with E-state index in [1.54, 1.807) is 7.05 Å². The Kier molecular flexibility index (Phi) is 3.90. The highest BCUT2D eigenvalue weighted by Gasteiger charge is 2.08. The monoisotopic (exact) mass is 239 g/mol. The summed E-state index contributed by atoms with van der Waals surface area (Å²) in [5.41, 5.74) is 4.21. The van der Waals surface area contributed by atoms with E-state index in [-0.39, 0.29) is 5.78 Å². The number of Topliss-reactive ketones (excluding diaryl/α,β-unsaturated/α-hetero) is 1. The maximum atomic E-state index is 11.9. The minimum absolute atomic E-state index is 0.120. The molecule has 18 heavy (non-hydrogen) atoms. The van der Waals surface area contributed by atoms with Crippen molar-refractivity contribution in [2.24, 2.45) is 0 Å². The molecule has 0 bridgehead atoms. The first kappa shape index (κ1) is 12.5. The number of hydrogen-bond donors (Lipinski definition) is 1. The summed E-state index contributed by atoms with van der Waals surface area (Å²) in [4.78, 5) is 11.9. The molecule has 2 heteroatoms. The number of aryl methyl sites for hydroxylation is 1. The molecule has 1 N–H and O–H groups in total. The Morgan fingerprint density at radius 1 is 1.11 bits per heavy atom. The number of nitrogens with one attached hydrogen (secondary N) is 1. The van der Waals surface area contributed by atoms with E-state index in [0.29, 0.717) is 6.54 Å². The van der Waals surface area contributed by atoms with Crippen LogP contribution in [0.1, 0.15) is 15.9 Å². The molecule has 0 aromatic heterocycles. The lowest BCUT2D eigenvalue weighted by molar-refractivity contribution is 0.0993. The van der Waals surface area contributed by atoms with Crippen molar-refractivity contribution in [3.05, 3.63) is 59.7 Å². The van der Waals surface area contributed by atoms with E-state index in [9.17, 15) is 4.79 Å². The predicted molar refractivity (Wildman–Crippen MR) is 74.9 cm³/mol. The van der Waals surface area contributed by atoms with Gasteiger partial charge in [0.15, 0.2) is 5.78 Å². The van der Waals surface area contributed by atoms with Crippen molar-refractivity contribution in [1.29, 1.82) is 0 Å². The van der Waals surface area contributed by atoms with Gasteiger partial charge in [-0.2, -0.15) is 0 Å². The first-order chi connectivity index (χ1) is 8.72. The summed E-state index contributed by atoms with van der Waals surface area (Å²) in [6.45, 7) is 2.44. The molecule has 0 unspecified atom stereocenters. The van der Waals surface area contributed by atoms with Gasteiger partial charge in [0.05, 0.1) is 6.54 Å². The largest absolute Gasteiger partial charge is 0.313 e. The minimum Gasteiger partial charge on any atom is -0.313 e. The summed E-state index contributed by atoms with van der Waals surface area (Å²) in [5.74, 6) is 0.120. The summed E-state index contributed by atoms with van der Waals surface area (Å²) in [6, 6.07) is 16.0. The van der Waals surface area contributed by atoms with Gasteiger partial charge in [-0.15, -0.1) is 0 Å². The maximum Gasteiger partial charge on any atom is 0.176 e. The Balaban J connectivity index is 2.42. The van der Waals surface area contributed by atoms with Gasteiger partial charge >= 0.3 is 0 Å². The third kappa shape index (κ3) is 2.66. The standard InChI is InChI=1S/C16H17NO/c1-12-8-9-14(16(18)11-17-2)10-15(12)13-6-4-3-5-7-13/h3-10,17H,11H2,1-2H3. The third-order valence-corrected chi connectivity index (χ3v) is 2.98. The zero-order chi connectivity index (χ0) is 13.0. The second-order valence-corrected chi connectivity index (χ2v) is 4.35. The van der Waals surface area contributed by atoms with Gasteiger partial charge in [-0.05, 0) is 36.7 Å². The molecule has 0 saturated carbocycles. The van der Waals surface area contributed by atoms with Crippen LogP contribution in [0.15, 0.2) is 48.5 Å². The highest BCUT2D eigenvalue weighted by atomic mass is 16.1. The molecule has 0 aliphatic carbocycles. The lowest BCUT2D eigenvalue weighted by atomic mass is 9.97. The van der Waals surface area contributed by atoms with Crippen LogP contribution in [-0.2, 0) is 0 Å². The Bertz CT molecular complexity index is 546. The number of likely N-dealkylation sites (N-methyl/N-ethyl adjacent to an activating group) is 1. The maximum absolute atomic E-state index is 11.9. The van der Waals surface area contributed by atoms with Gasteiger partial charge in [-0.3, -0.25) is 4.79 Å². The zero-order valence-corrected chi connectivity index (χ0v) is 10.7. The number of hydrogen-bond acceptors (Lipinski definition) is 2. The Hall–Kier alpha value is -1.93. The molecule has 2 nitrogen and oxygen atoms in total. The van der Waals surface area contributed by atoms with Gasteiger partial charge in [0.25, 0.3) is 0 Å². The highest BCUT2D eigenvalue weighted by molar-refractivity contribution is 5.98. The molecule has 0 fully saturated rings. The molecule has 92 valence electrons. The second-order valence-electron chi connectivity index (χ2n) is 4.35. The van der Waals surface area contributed by atoms with E-state index < -0.39 is 0 Å². The summed E-state index contributed by atoms with van der Waals surface area (Å²) in [6.07, 6.45) is 0. The highest BCUT2D eigenvalue weighted by Crippen LogP contribution is 2.24. The number of benzene rings is 2. The van der Waals surface area contributed by atoms with E-state index >= 15 is 0 Å². The lowest BCUT2D eigenvalue weighted by Crippen LogP contribution is -2.18. The van der Waals surface area contributed by atoms with Gasteiger partial charge in [0.1, 0.15) is 0 Å². The van der Waals surface area contributed by atoms with Gasteiger partial charge in [-0.1, -0.05) is 42.5 Å². The van der Waals surface area contributed by atoms with Gasteiger partial charge in [0.2, 0.25) is 0 Å². The average Bonchev–Trinajstić information content (AvgIpc) is 2.40. The van der Waals surface area contributed by atoms with Crippen molar-refractivity contribution in [3.63, 3.8) is 0 Å². The SMILES string of the molecule is CNCC(=O)c1ccc(C)c(-c2ccccc2)c1. The lowest BCUT2D eigenvalue weighted by Gasteiger charge is -2.08. The van der Waals surface area contributed by atoms with Crippen LogP contribution >= 0.6 is 0 Å². The summed E-state index contributed by atoms with van der Waals surface area (Å²) in [5, 5.41) is 2.89. The first-order valence-corrected chi connectivity index (χ1v) is 6.06. The van der Waals surface area contributed by atoms with E-state index in [4.69, 9.17) is 0 Å². The van der Waals surface area contributed by atoms with Crippen molar-refractivity contribution in [3.8, 4) is 11.1 Å². The molecule has 0 spiro atoms. The predicted octanol–water partition coefficient (Wildman–Crippen LogP) is 3.06. The number of rotatable bonds is 4. The molecule has 0 amide bonds. The Morgan fingerprint density at radius 3 is 2.50 bits per heavy atom. The molecule has 2 aromatic carbocycles. The summed E-state index contributed by atoms with van der Waals surface area (Å²) >= 11 is 0. The van der Waals surface area contributed by atoms with E-state index in [0.717, 1.165) is 16.7 Å². The third-order valence-electron chi connectivity index (χ3n) is 2.98. The van der Waals surface area contributed by atoms with E-state index in [1.165, 1.54) is 5.56 Å². The number of ketones is 1. The minimum atomic E-state index is 0.120. The molecular formula is C16H17NO. The molecule has 0 aliphatic rings.